The van der Waals surface area contributed by atoms with Gasteiger partial charge in [-0.05, 0) is 26.7 Å². The van der Waals surface area contributed by atoms with E-state index in [0.717, 1.165) is 32.6 Å². The Morgan fingerprint density at radius 1 is 1.32 bits per heavy atom. The van der Waals surface area contributed by atoms with Crippen molar-refractivity contribution in [1.29, 1.82) is 0 Å². The first-order chi connectivity index (χ1) is 9.13. The molecule has 0 saturated heterocycles. The Morgan fingerprint density at radius 3 is 2.47 bits per heavy atom. The summed E-state index contributed by atoms with van der Waals surface area (Å²) >= 11 is 0. The van der Waals surface area contributed by atoms with Crippen LogP contribution in [0.4, 0.5) is 0 Å². The lowest BCUT2D eigenvalue weighted by molar-refractivity contribution is -0.121. The van der Waals surface area contributed by atoms with Crippen molar-refractivity contribution in [2.24, 2.45) is 5.73 Å². The second-order valence-corrected chi connectivity index (χ2v) is 5.40. The van der Waals surface area contributed by atoms with Gasteiger partial charge in [0.1, 0.15) is 0 Å². The third kappa shape index (κ3) is 4.13. The van der Waals surface area contributed by atoms with Crippen LogP contribution in [0.25, 0.3) is 0 Å². The summed E-state index contributed by atoms with van der Waals surface area (Å²) in [6.07, 6.45) is 2.37. The molecule has 1 fully saturated rings. The molecule has 114 valence electrons. The van der Waals surface area contributed by atoms with Crippen molar-refractivity contribution in [3.8, 4) is 0 Å². The largest absolute Gasteiger partial charge is 0.383 e. The van der Waals surface area contributed by atoms with Crippen LogP contribution in [-0.4, -0.2) is 69.7 Å². The van der Waals surface area contributed by atoms with Crippen LogP contribution in [0.2, 0.25) is 0 Å². The van der Waals surface area contributed by atoms with Gasteiger partial charge in [0.2, 0.25) is 0 Å². The first-order valence-corrected chi connectivity index (χ1v) is 7.19. The zero-order valence-corrected chi connectivity index (χ0v) is 12.9. The molecule has 5 nitrogen and oxygen atoms in total. The highest BCUT2D eigenvalue weighted by atomic mass is 16.5. The van der Waals surface area contributed by atoms with Crippen molar-refractivity contribution in [3.63, 3.8) is 0 Å². The molecule has 0 aromatic heterocycles. The van der Waals surface area contributed by atoms with E-state index in [4.69, 9.17) is 19.9 Å². The Balaban J connectivity index is 2.65. The summed E-state index contributed by atoms with van der Waals surface area (Å²) in [5.41, 5.74) is 6.11. The molecule has 1 aliphatic carbocycles. The summed E-state index contributed by atoms with van der Waals surface area (Å²) in [6.45, 7) is 7.98. The molecule has 0 amide bonds. The minimum absolute atomic E-state index is 0.0519. The molecule has 2 N–H and O–H groups in total. The normalized spacial score (nSPS) is 28.4. The van der Waals surface area contributed by atoms with Gasteiger partial charge in [-0.3, -0.25) is 4.90 Å². The molecule has 0 aromatic rings. The number of hydrogen-bond donors (Lipinski definition) is 1. The van der Waals surface area contributed by atoms with Crippen molar-refractivity contribution >= 4 is 0 Å². The smallest absolute Gasteiger partial charge is 0.0615 e. The summed E-state index contributed by atoms with van der Waals surface area (Å²) in [7, 11) is 3.47. The number of nitrogens with zero attached hydrogens (tertiary/aromatic N) is 1. The summed E-state index contributed by atoms with van der Waals surface area (Å²) < 4.78 is 16.2. The summed E-state index contributed by atoms with van der Waals surface area (Å²) in [5, 5.41) is 0. The van der Waals surface area contributed by atoms with Gasteiger partial charge in [-0.25, -0.2) is 0 Å². The van der Waals surface area contributed by atoms with E-state index in [1.165, 1.54) is 0 Å². The maximum atomic E-state index is 6.05. The Kier molecular flexibility index (Phi) is 7.25. The second-order valence-electron chi connectivity index (χ2n) is 5.40. The number of methoxy groups -OCH3 is 2. The van der Waals surface area contributed by atoms with Crippen LogP contribution >= 0.6 is 0 Å². The Labute approximate surface area is 117 Å². The molecule has 0 aliphatic heterocycles. The van der Waals surface area contributed by atoms with Crippen LogP contribution < -0.4 is 5.73 Å². The number of nitrogens with two attached hydrogens (primary N) is 1. The van der Waals surface area contributed by atoms with Crippen molar-refractivity contribution in [2.45, 2.75) is 44.4 Å². The van der Waals surface area contributed by atoms with Gasteiger partial charge in [0, 0.05) is 45.5 Å². The average molecular weight is 274 g/mol. The summed E-state index contributed by atoms with van der Waals surface area (Å²) in [6, 6.07) is 0.339. The fourth-order valence-electron chi connectivity index (χ4n) is 3.11. The van der Waals surface area contributed by atoms with Crippen molar-refractivity contribution in [1.82, 2.24) is 4.90 Å². The molecule has 0 spiro atoms. The van der Waals surface area contributed by atoms with Crippen molar-refractivity contribution in [3.05, 3.63) is 0 Å². The van der Waals surface area contributed by atoms with Gasteiger partial charge in [0.25, 0.3) is 0 Å². The van der Waals surface area contributed by atoms with Gasteiger partial charge in [0.15, 0.2) is 0 Å². The highest BCUT2D eigenvalue weighted by Crippen LogP contribution is 2.40. The van der Waals surface area contributed by atoms with Crippen molar-refractivity contribution < 1.29 is 14.2 Å². The number of ether oxygens (including phenoxy) is 3. The maximum Gasteiger partial charge on any atom is 0.0615 e. The van der Waals surface area contributed by atoms with Crippen LogP contribution in [0.1, 0.15) is 26.7 Å². The standard InChI is InChI=1S/C14H30N2O3/c1-5-19-13-8-14(9-13,11-15)16(6-7-17-3)12(2)10-18-4/h12-13H,5-11,15H2,1-4H3. The summed E-state index contributed by atoms with van der Waals surface area (Å²) in [5.74, 6) is 0. The van der Waals surface area contributed by atoms with E-state index in [1.807, 2.05) is 6.92 Å². The Morgan fingerprint density at radius 2 is 2.00 bits per heavy atom. The van der Waals surface area contributed by atoms with Gasteiger partial charge in [-0.1, -0.05) is 0 Å². The third-order valence-electron chi connectivity index (χ3n) is 4.08. The second kappa shape index (κ2) is 8.17. The highest BCUT2D eigenvalue weighted by molar-refractivity contribution is 5.05. The predicted molar refractivity (Wildman–Crippen MR) is 76.4 cm³/mol. The quantitative estimate of drug-likeness (QED) is 0.640. The molecule has 1 atom stereocenters. The molecule has 1 saturated carbocycles. The van der Waals surface area contributed by atoms with Gasteiger partial charge >= 0.3 is 0 Å². The van der Waals surface area contributed by atoms with E-state index in [1.54, 1.807) is 14.2 Å². The molecule has 0 radical (unpaired) electrons. The zero-order valence-electron chi connectivity index (χ0n) is 12.9. The first-order valence-electron chi connectivity index (χ1n) is 7.19. The Hall–Kier alpha value is -0.200. The Bertz CT molecular complexity index is 245. The van der Waals surface area contributed by atoms with Gasteiger partial charge in [-0.2, -0.15) is 0 Å². The first kappa shape index (κ1) is 16.9. The molecule has 1 rings (SSSR count). The van der Waals surface area contributed by atoms with E-state index < -0.39 is 0 Å². The molecular weight excluding hydrogens is 244 g/mol. The molecule has 1 unspecified atom stereocenters. The minimum atomic E-state index is 0.0519. The van der Waals surface area contributed by atoms with Crippen LogP contribution in [-0.2, 0) is 14.2 Å². The lowest BCUT2D eigenvalue weighted by Crippen LogP contribution is -2.67. The van der Waals surface area contributed by atoms with Crippen LogP contribution in [0.15, 0.2) is 0 Å². The number of hydrogen-bond acceptors (Lipinski definition) is 5. The molecule has 5 heteroatoms. The molecule has 1 aliphatic rings. The van der Waals surface area contributed by atoms with Crippen molar-refractivity contribution in [2.75, 3.05) is 47.1 Å². The lowest BCUT2D eigenvalue weighted by atomic mass is 9.72. The molecule has 0 bridgehead atoms. The van der Waals surface area contributed by atoms with Gasteiger partial charge < -0.3 is 19.9 Å². The number of rotatable bonds is 10. The van der Waals surface area contributed by atoms with Crippen LogP contribution in [0.5, 0.6) is 0 Å². The minimum Gasteiger partial charge on any atom is -0.383 e. The van der Waals surface area contributed by atoms with Crippen LogP contribution in [0.3, 0.4) is 0 Å². The van der Waals surface area contributed by atoms with Gasteiger partial charge in [-0.15, -0.1) is 0 Å². The SMILES string of the molecule is CCOC1CC(CN)(N(CCOC)C(C)COC)C1. The highest BCUT2D eigenvalue weighted by Gasteiger charge is 2.49. The molecular formula is C14H30N2O3. The van der Waals surface area contributed by atoms with Gasteiger partial charge in [0.05, 0.1) is 19.3 Å². The third-order valence-corrected chi connectivity index (χ3v) is 4.08. The summed E-state index contributed by atoms with van der Waals surface area (Å²) in [4.78, 5) is 2.44. The average Bonchev–Trinajstić information content (AvgIpc) is 2.35. The van der Waals surface area contributed by atoms with Crippen LogP contribution in [0, 0.1) is 0 Å². The fourth-order valence-corrected chi connectivity index (χ4v) is 3.11. The predicted octanol–water partition coefficient (Wildman–Crippen LogP) is 0.866. The molecule has 0 aromatic carbocycles. The lowest BCUT2D eigenvalue weighted by Gasteiger charge is -2.55. The van der Waals surface area contributed by atoms with E-state index in [-0.39, 0.29) is 5.54 Å². The van der Waals surface area contributed by atoms with E-state index in [2.05, 4.69) is 11.8 Å². The van der Waals surface area contributed by atoms with E-state index >= 15 is 0 Å². The topological polar surface area (TPSA) is 57.0 Å². The monoisotopic (exact) mass is 274 g/mol. The maximum absolute atomic E-state index is 6.05. The van der Waals surface area contributed by atoms with E-state index in [9.17, 15) is 0 Å². The fraction of sp³-hybridized carbons (Fsp3) is 1.00. The zero-order chi connectivity index (χ0) is 14.3. The molecule has 19 heavy (non-hydrogen) atoms. The van der Waals surface area contributed by atoms with E-state index in [0.29, 0.717) is 25.3 Å². The molecule has 0 heterocycles.